The Morgan fingerprint density at radius 2 is 1.88 bits per heavy atom. The molecule has 0 radical (unpaired) electrons. The second-order valence-corrected chi connectivity index (χ2v) is 5.03. The first kappa shape index (κ1) is 17.6. The molecule has 0 aliphatic heterocycles. The lowest BCUT2D eigenvalue weighted by Gasteiger charge is -2.05. The summed E-state index contributed by atoms with van der Waals surface area (Å²) in [6, 6.07) is 11.6. The maximum atomic E-state index is 5.88. The van der Waals surface area contributed by atoms with Gasteiger partial charge in [-0.25, -0.2) is 9.98 Å². The van der Waals surface area contributed by atoms with Crippen LogP contribution in [0, 0.1) is 6.92 Å². The van der Waals surface area contributed by atoms with Crippen LogP contribution in [-0.4, -0.2) is 26.1 Å². The van der Waals surface area contributed by atoms with Crippen LogP contribution in [0.1, 0.15) is 11.4 Å². The maximum absolute atomic E-state index is 5.88. The highest BCUT2D eigenvalue weighted by molar-refractivity contribution is 8.93. The Morgan fingerprint density at radius 1 is 1.17 bits per heavy atom. The van der Waals surface area contributed by atoms with Crippen LogP contribution in [0.15, 0.2) is 53.8 Å². The van der Waals surface area contributed by atoms with Crippen molar-refractivity contribution in [2.75, 3.05) is 5.32 Å². The molecule has 0 atom stereocenters. The normalized spacial score (nSPS) is 11.0. The maximum Gasteiger partial charge on any atom is 0.193 e. The minimum Gasteiger partial charge on any atom is -0.370 e. The topological polar surface area (TPSA) is 105 Å². The van der Waals surface area contributed by atoms with E-state index in [4.69, 9.17) is 5.73 Å². The van der Waals surface area contributed by atoms with E-state index in [1.807, 2.05) is 43.3 Å². The van der Waals surface area contributed by atoms with Crippen molar-refractivity contribution in [1.29, 1.82) is 0 Å². The first-order valence-electron chi connectivity index (χ1n) is 7.16. The molecule has 124 valence electrons. The Morgan fingerprint density at radius 3 is 2.58 bits per heavy atom. The molecule has 2 aromatic heterocycles. The zero-order valence-electron chi connectivity index (χ0n) is 13.1. The summed E-state index contributed by atoms with van der Waals surface area (Å²) in [5.41, 5.74) is 8.86. The fraction of sp³-hybridized carbons (Fsp3) is 0.125. The second-order valence-electron chi connectivity index (χ2n) is 5.03. The summed E-state index contributed by atoms with van der Waals surface area (Å²) in [5, 5.41) is 10.1. The van der Waals surface area contributed by atoms with E-state index in [9.17, 15) is 0 Å². The number of guanidine groups is 1. The third-order valence-electron chi connectivity index (χ3n) is 3.19. The van der Waals surface area contributed by atoms with Crippen molar-refractivity contribution in [3.63, 3.8) is 0 Å². The monoisotopic (exact) mass is 387 g/mol. The van der Waals surface area contributed by atoms with Gasteiger partial charge in [0.1, 0.15) is 12.4 Å². The molecule has 1 aromatic carbocycles. The SMILES string of the molecule is Br.Cc1ccc(NC(N)=NCc2nc(-c3ccncc3)n[nH]2)cc1. The molecule has 3 aromatic rings. The predicted octanol–water partition coefficient (Wildman–Crippen LogP) is 2.68. The number of anilines is 1. The van der Waals surface area contributed by atoms with E-state index in [-0.39, 0.29) is 17.0 Å². The van der Waals surface area contributed by atoms with Crippen LogP contribution < -0.4 is 11.1 Å². The largest absolute Gasteiger partial charge is 0.370 e. The quantitative estimate of drug-likeness (QED) is 0.471. The fourth-order valence-corrected chi connectivity index (χ4v) is 1.98. The van der Waals surface area contributed by atoms with Gasteiger partial charge in [-0.3, -0.25) is 10.1 Å². The zero-order chi connectivity index (χ0) is 16.1. The van der Waals surface area contributed by atoms with E-state index in [1.54, 1.807) is 12.4 Å². The molecule has 0 unspecified atom stereocenters. The summed E-state index contributed by atoms with van der Waals surface area (Å²) in [6.07, 6.45) is 3.40. The number of nitrogens with one attached hydrogen (secondary N) is 2. The van der Waals surface area contributed by atoms with Gasteiger partial charge in [-0.2, -0.15) is 5.10 Å². The van der Waals surface area contributed by atoms with Crippen LogP contribution in [0.2, 0.25) is 0 Å². The first-order chi connectivity index (χ1) is 11.2. The van der Waals surface area contributed by atoms with Crippen LogP contribution in [0.4, 0.5) is 5.69 Å². The summed E-state index contributed by atoms with van der Waals surface area (Å²) in [7, 11) is 0. The molecule has 0 saturated carbocycles. The number of aryl methyl sites for hydroxylation is 1. The average Bonchev–Trinajstić information content (AvgIpc) is 3.05. The average molecular weight is 388 g/mol. The standard InChI is InChI=1S/C16H17N7.BrH/c1-11-2-4-13(5-3-11)20-16(17)19-10-14-21-15(23-22-14)12-6-8-18-9-7-12;/h2-9H,10H2,1H3,(H3,17,19,20)(H,21,22,23);1H. The van der Waals surface area contributed by atoms with Crippen molar-refractivity contribution in [1.82, 2.24) is 20.2 Å². The molecule has 0 aliphatic rings. The first-order valence-corrected chi connectivity index (χ1v) is 7.16. The molecule has 24 heavy (non-hydrogen) atoms. The lowest BCUT2D eigenvalue weighted by atomic mass is 10.2. The molecule has 3 rings (SSSR count). The molecule has 2 heterocycles. The number of benzene rings is 1. The highest BCUT2D eigenvalue weighted by atomic mass is 79.9. The Kier molecular flexibility index (Phi) is 6.02. The fourth-order valence-electron chi connectivity index (χ4n) is 1.98. The highest BCUT2D eigenvalue weighted by Crippen LogP contribution is 2.12. The lowest BCUT2D eigenvalue weighted by molar-refractivity contribution is 0.914. The number of hydrogen-bond donors (Lipinski definition) is 3. The lowest BCUT2D eigenvalue weighted by Crippen LogP contribution is -2.22. The summed E-state index contributed by atoms with van der Waals surface area (Å²) < 4.78 is 0. The molecule has 0 amide bonds. The van der Waals surface area contributed by atoms with Gasteiger partial charge in [0, 0.05) is 23.6 Å². The van der Waals surface area contributed by atoms with Crippen LogP contribution in [0.3, 0.4) is 0 Å². The molecule has 4 N–H and O–H groups in total. The van der Waals surface area contributed by atoms with Gasteiger partial charge < -0.3 is 11.1 Å². The van der Waals surface area contributed by atoms with Gasteiger partial charge in [-0.1, -0.05) is 17.7 Å². The minimum absolute atomic E-state index is 0. The smallest absolute Gasteiger partial charge is 0.193 e. The van der Waals surface area contributed by atoms with Crippen molar-refractivity contribution in [2.45, 2.75) is 13.5 Å². The number of pyridine rings is 1. The van der Waals surface area contributed by atoms with Gasteiger partial charge in [0.05, 0.1) is 0 Å². The van der Waals surface area contributed by atoms with Crippen molar-refractivity contribution in [3.05, 3.63) is 60.2 Å². The number of aromatic amines is 1. The third-order valence-corrected chi connectivity index (χ3v) is 3.19. The summed E-state index contributed by atoms with van der Waals surface area (Å²) in [6.45, 7) is 2.36. The number of H-pyrrole nitrogens is 1. The number of nitrogens with zero attached hydrogens (tertiary/aromatic N) is 4. The van der Waals surface area contributed by atoms with Crippen molar-refractivity contribution < 1.29 is 0 Å². The molecule has 8 heteroatoms. The number of aromatic nitrogens is 4. The number of nitrogens with two attached hydrogens (primary N) is 1. The van der Waals surface area contributed by atoms with E-state index in [2.05, 4.69) is 30.5 Å². The molecular formula is C16H18BrN7. The third kappa shape index (κ3) is 4.63. The van der Waals surface area contributed by atoms with Gasteiger partial charge in [0.2, 0.25) is 0 Å². The van der Waals surface area contributed by atoms with E-state index in [1.165, 1.54) is 5.56 Å². The number of aliphatic imine (C=N–C) groups is 1. The van der Waals surface area contributed by atoms with E-state index < -0.39 is 0 Å². The van der Waals surface area contributed by atoms with Crippen LogP contribution in [0.25, 0.3) is 11.4 Å². The highest BCUT2D eigenvalue weighted by Gasteiger charge is 2.05. The molecule has 0 saturated heterocycles. The molecule has 0 bridgehead atoms. The van der Waals surface area contributed by atoms with E-state index in [0.717, 1.165) is 11.3 Å². The Labute approximate surface area is 150 Å². The summed E-state index contributed by atoms with van der Waals surface area (Å²) in [5.74, 6) is 1.59. The van der Waals surface area contributed by atoms with Crippen molar-refractivity contribution >= 4 is 28.6 Å². The van der Waals surface area contributed by atoms with Gasteiger partial charge in [-0.05, 0) is 31.2 Å². The second kappa shape index (κ2) is 8.21. The Bertz CT molecular complexity index is 797. The summed E-state index contributed by atoms with van der Waals surface area (Å²) >= 11 is 0. The molecular weight excluding hydrogens is 370 g/mol. The van der Waals surface area contributed by atoms with E-state index in [0.29, 0.717) is 24.2 Å². The number of halogens is 1. The van der Waals surface area contributed by atoms with Crippen LogP contribution >= 0.6 is 17.0 Å². The Hall–Kier alpha value is -2.74. The van der Waals surface area contributed by atoms with Gasteiger partial charge >= 0.3 is 0 Å². The molecule has 0 aliphatic carbocycles. The Balaban J connectivity index is 0.00000208. The van der Waals surface area contributed by atoms with Crippen molar-refractivity contribution in [2.24, 2.45) is 10.7 Å². The number of hydrogen-bond acceptors (Lipinski definition) is 4. The molecule has 7 nitrogen and oxygen atoms in total. The van der Waals surface area contributed by atoms with Gasteiger partial charge in [0.15, 0.2) is 11.8 Å². The molecule has 0 fully saturated rings. The van der Waals surface area contributed by atoms with E-state index >= 15 is 0 Å². The summed E-state index contributed by atoms with van der Waals surface area (Å²) in [4.78, 5) is 12.6. The van der Waals surface area contributed by atoms with Crippen LogP contribution in [-0.2, 0) is 6.54 Å². The van der Waals surface area contributed by atoms with Gasteiger partial charge in [-0.15, -0.1) is 17.0 Å². The van der Waals surface area contributed by atoms with Gasteiger partial charge in [0.25, 0.3) is 0 Å². The molecule has 0 spiro atoms. The number of rotatable bonds is 4. The van der Waals surface area contributed by atoms with Crippen LogP contribution in [0.5, 0.6) is 0 Å². The minimum atomic E-state index is 0. The van der Waals surface area contributed by atoms with Crippen molar-refractivity contribution in [3.8, 4) is 11.4 Å². The zero-order valence-corrected chi connectivity index (χ0v) is 14.8. The predicted molar refractivity (Wildman–Crippen MR) is 100 cm³/mol.